The molecule has 3 aromatic carbocycles. The number of nitro groups is 1. The molecular weight excluding hydrogens is 328 g/mol. The van der Waals surface area contributed by atoms with Crippen molar-refractivity contribution < 1.29 is 9.66 Å². The van der Waals surface area contributed by atoms with E-state index in [2.05, 4.69) is 6.07 Å². The van der Waals surface area contributed by atoms with Crippen LogP contribution in [0.4, 0.5) is 5.69 Å². The Balaban J connectivity index is 1.86. The number of non-ortho nitro benzene ring substituents is 1. The van der Waals surface area contributed by atoms with E-state index in [4.69, 9.17) is 4.74 Å². The summed E-state index contributed by atoms with van der Waals surface area (Å²) in [5.41, 5.74) is 1.82. The number of nitro benzene ring substituents is 1. The molecule has 0 bridgehead atoms. The number of ether oxygens (including phenoxy) is 1. The Kier molecular flexibility index (Phi) is 5.06. The van der Waals surface area contributed by atoms with Crippen LogP contribution in [0, 0.1) is 21.4 Å². The number of nitrogens with zero attached hydrogens (tertiary/aromatic N) is 2. The van der Waals surface area contributed by atoms with Gasteiger partial charge < -0.3 is 4.74 Å². The van der Waals surface area contributed by atoms with Gasteiger partial charge in [0.15, 0.2) is 0 Å². The van der Waals surface area contributed by atoms with Gasteiger partial charge in [0.1, 0.15) is 11.5 Å². The molecule has 0 fully saturated rings. The summed E-state index contributed by atoms with van der Waals surface area (Å²) >= 11 is 0. The second-order valence-corrected chi connectivity index (χ2v) is 5.46. The first-order chi connectivity index (χ1) is 12.7. The van der Waals surface area contributed by atoms with Crippen molar-refractivity contribution in [1.29, 1.82) is 5.26 Å². The molecule has 0 saturated heterocycles. The van der Waals surface area contributed by atoms with Crippen molar-refractivity contribution in [2.45, 2.75) is 0 Å². The minimum Gasteiger partial charge on any atom is -0.457 e. The second-order valence-electron chi connectivity index (χ2n) is 5.46. The summed E-state index contributed by atoms with van der Waals surface area (Å²) in [5.74, 6) is 1.38. The number of hydrogen-bond acceptors (Lipinski definition) is 4. The van der Waals surface area contributed by atoms with Gasteiger partial charge in [-0.3, -0.25) is 10.1 Å². The van der Waals surface area contributed by atoms with Crippen molar-refractivity contribution in [3.8, 4) is 17.6 Å². The van der Waals surface area contributed by atoms with Crippen molar-refractivity contribution in [2.24, 2.45) is 0 Å². The van der Waals surface area contributed by atoms with Crippen molar-refractivity contribution in [2.75, 3.05) is 0 Å². The van der Waals surface area contributed by atoms with Gasteiger partial charge in [-0.2, -0.15) is 5.26 Å². The summed E-state index contributed by atoms with van der Waals surface area (Å²) in [7, 11) is 0. The highest BCUT2D eigenvalue weighted by molar-refractivity contribution is 5.89. The average Bonchev–Trinajstić information content (AvgIpc) is 2.67. The Labute approximate surface area is 150 Å². The van der Waals surface area contributed by atoms with E-state index >= 15 is 0 Å². The summed E-state index contributed by atoms with van der Waals surface area (Å²) in [4.78, 5) is 10.3. The lowest BCUT2D eigenvalue weighted by atomic mass is 10.0. The zero-order chi connectivity index (χ0) is 18.4. The minimum absolute atomic E-state index is 0.00991. The van der Waals surface area contributed by atoms with E-state index in [1.54, 1.807) is 18.2 Å². The van der Waals surface area contributed by atoms with Crippen LogP contribution >= 0.6 is 0 Å². The molecule has 0 aliphatic heterocycles. The van der Waals surface area contributed by atoms with Crippen molar-refractivity contribution >= 4 is 17.3 Å². The van der Waals surface area contributed by atoms with E-state index in [0.717, 1.165) is 11.3 Å². The van der Waals surface area contributed by atoms with E-state index in [1.165, 1.54) is 12.1 Å². The number of nitriles is 1. The maximum Gasteiger partial charge on any atom is 0.269 e. The largest absolute Gasteiger partial charge is 0.457 e. The maximum absolute atomic E-state index is 10.7. The molecule has 126 valence electrons. The number of allylic oxidation sites excluding steroid dienone is 1. The van der Waals surface area contributed by atoms with Crippen LogP contribution in [0.3, 0.4) is 0 Å². The molecule has 0 amide bonds. The molecule has 0 aliphatic carbocycles. The third kappa shape index (κ3) is 4.13. The molecule has 0 saturated carbocycles. The Bertz CT molecular complexity index is 988. The SMILES string of the molecule is N#C/C(=C/c1cccc(Oc2ccccc2)c1)c1ccc([N+](=O)[O-])cc1. The van der Waals surface area contributed by atoms with Crippen LogP contribution < -0.4 is 4.74 Å². The van der Waals surface area contributed by atoms with Gasteiger partial charge >= 0.3 is 0 Å². The highest BCUT2D eigenvalue weighted by atomic mass is 16.6. The van der Waals surface area contributed by atoms with Gasteiger partial charge in [-0.05, 0) is 53.6 Å². The van der Waals surface area contributed by atoms with E-state index in [9.17, 15) is 15.4 Å². The Morgan fingerprint density at radius 1 is 0.962 bits per heavy atom. The van der Waals surface area contributed by atoms with Gasteiger partial charge in [-0.15, -0.1) is 0 Å². The first-order valence-corrected chi connectivity index (χ1v) is 7.85. The molecule has 0 N–H and O–H groups in total. The number of rotatable bonds is 5. The summed E-state index contributed by atoms with van der Waals surface area (Å²) in [6.45, 7) is 0. The predicted octanol–water partition coefficient (Wildman–Crippen LogP) is 5.45. The Morgan fingerprint density at radius 2 is 1.65 bits per heavy atom. The van der Waals surface area contributed by atoms with Gasteiger partial charge in [-0.1, -0.05) is 30.3 Å². The van der Waals surface area contributed by atoms with E-state index < -0.39 is 4.92 Å². The zero-order valence-corrected chi connectivity index (χ0v) is 13.7. The summed E-state index contributed by atoms with van der Waals surface area (Å²) in [5, 5.41) is 20.2. The van der Waals surface area contributed by atoms with Crippen LogP contribution in [0.5, 0.6) is 11.5 Å². The van der Waals surface area contributed by atoms with E-state index in [1.807, 2.05) is 54.6 Å². The number of hydrogen-bond donors (Lipinski definition) is 0. The van der Waals surface area contributed by atoms with Crippen molar-refractivity contribution in [3.63, 3.8) is 0 Å². The molecule has 0 heterocycles. The van der Waals surface area contributed by atoms with E-state index in [-0.39, 0.29) is 5.69 Å². The zero-order valence-electron chi connectivity index (χ0n) is 13.7. The van der Waals surface area contributed by atoms with Crippen LogP contribution in [0.1, 0.15) is 11.1 Å². The third-order valence-electron chi connectivity index (χ3n) is 3.66. The molecule has 0 aliphatic rings. The van der Waals surface area contributed by atoms with Gasteiger partial charge in [0.2, 0.25) is 0 Å². The lowest BCUT2D eigenvalue weighted by Gasteiger charge is -2.06. The smallest absolute Gasteiger partial charge is 0.269 e. The summed E-state index contributed by atoms with van der Waals surface area (Å²) in [6, 6.07) is 24.8. The standard InChI is InChI=1S/C21H14N2O3/c22-15-18(17-9-11-19(12-10-17)23(24)25)13-16-5-4-8-21(14-16)26-20-6-2-1-3-7-20/h1-14H/b18-13-. The van der Waals surface area contributed by atoms with E-state index in [0.29, 0.717) is 16.9 Å². The normalized spacial score (nSPS) is 10.8. The molecular formula is C21H14N2O3. The van der Waals surface area contributed by atoms with Gasteiger partial charge in [0, 0.05) is 12.1 Å². The monoisotopic (exact) mass is 342 g/mol. The topological polar surface area (TPSA) is 76.2 Å². The lowest BCUT2D eigenvalue weighted by molar-refractivity contribution is -0.384. The highest BCUT2D eigenvalue weighted by Gasteiger charge is 2.07. The molecule has 3 aromatic rings. The lowest BCUT2D eigenvalue weighted by Crippen LogP contribution is -1.89. The number of para-hydroxylation sites is 1. The average molecular weight is 342 g/mol. The maximum atomic E-state index is 10.7. The quantitative estimate of drug-likeness (QED) is 0.267. The predicted molar refractivity (Wildman–Crippen MR) is 99.5 cm³/mol. The molecule has 0 aromatic heterocycles. The van der Waals surface area contributed by atoms with Crippen molar-refractivity contribution in [3.05, 3.63) is 100 Å². The molecule has 5 heteroatoms. The fourth-order valence-corrected chi connectivity index (χ4v) is 2.40. The van der Waals surface area contributed by atoms with Gasteiger partial charge in [0.25, 0.3) is 5.69 Å². The van der Waals surface area contributed by atoms with Crippen LogP contribution in [-0.2, 0) is 0 Å². The van der Waals surface area contributed by atoms with Gasteiger partial charge in [0.05, 0.1) is 16.6 Å². The molecule has 0 spiro atoms. The number of benzene rings is 3. The van der Waals surface area contributed by atoms with Crippen LogP contribution in [0.25, 0.3) is 11.6 Å². The molecule has 3 rings (SSSR count). The molecule has 0 unspecified atom stereocenters. The molecule has 26 heavy (non-hydrogen) atoms. The third-order valence-corrected chi connectivity index (χ3v) is 3.66. The van der Waals surface area contributed by atoms with Crippen molar-refractivity contribution in [1.82, 2.24) is 0 Å². The van der Waals surface area contributed by atoms with Crippen LogP contribution in [-0.4, -0.2) is 4.92 Å². The fourth-order valence-electron chi connectivity index (χ4n) is 2.40. The minimum atomic E-state index is -0.468. The van der Waals surface area contributed by atoms with Gasteiger partial charge in [-0.25, -0.2) is 0 Å². The molecule has 5 nitrogen and oxygen atoms in total. The van der Waals surface area contributed by atoms with Crippen LogP contribution in [0.15, 0.2) is 78.9 Å². The second kappa shape index (κ2) is 7.77. The first kappa shape index (κ1) is 16.9. The fraction of sp³-hybridized carbons (Fsp3) is 0. The first-order valence-electron chi connectivity index (χ1n) is 7.85. The summed E-state index contributed by atoms with van der Waals surface area (Å²) in [6.07, 6.45) is 1.72. The molecule has 0 radical (unpaired) electrons. The summed E-state index contributed by atoms with van der Waals surface area (Å²) < 4.78 is 5.79. The molecule has 0 atom stereocenters. The van der Waals surface area contributed by atoms with Crippen LogP contribution in [0.2, 0.25) is 0 Å². The Hall–Kier alpha value is -3.91. The Morgan fingerprint density at radius 3 is 2.31 bits per heavy atom. The highest BCUT2D eigenvalue weighted by Crippen LogP contribution is 2.25.